The van der Waals surface area contributed by atoms with Gasteiger partial charge in [0.15, 0.2) is 0 Å². The van der Waals surface area contributed by atoms with Crippen molar-refractivity contribution in [1.29, 1.82) is 5.41 Å². The Kier molecular flexibility index (Phi) is 11.0. The van der Waals surface area contributed by atoms with E-state index < -0.39 is 12.1 Å². The molecule has 0 atom stereocenters. The van der Waals surface area contributed by atoms with Crippen LogP contribution in [0.15, 0.2) is 0 Å². The van der Waals surface area contributed by atoms with Crippen LogP contribution in [0.4, 0.5) is 4.79 Å². The van der Waals surface area contributed by atoms with E-state index >= 15 is 0 Å². The van der Waals surface area contributed by atoms with Crippen molar-refractivity contribution in [2.45, 2.75) is 33.6 Å². The van der Waals surface area contributed by atoms with Gasteiger partial charge in [0.25, 0.3) is 0 Å². The fraction of sp³-hybridized carbons (Fsp3) is 0.733. The van der Waals surface area contributed by atoms with E-state index in [0.29, 0.717) is 6.61 Å². The molecule has 0 bridgehead atoms. The third kappa shape index (κ3) is 10.4. The first-order chi connectivity index (χ1) is 11.3. The summed E-state index contributed by atoms with van der Waals surface area (Å²) in [4.78, 5) is 35.4. The average molecular weight is 345 g/mol. The van der Waals surface area contributed by atoms with Crippen LogP contribution in [0.25, 0.3) is 0 Å². The fourth-order valence-corrected chi connectivity index (χ4v) is 1.32. The lowest BCUT2D eigenvalue weighted by atomic mass is 10.2. The van der Waals surface area contributed by atoms with Gasteiger partial charge in [-0.15, -0.1) is 0 Å². The minimum absolute atomic E-state index is 0.0582. The number of carbonyl (C=O) groups is 3. The number of rotatable bonds is 9. The molecule has 0 aliphatic carbocycles. The Labute approximate surface area is 142 Å². The molecule has 0 aromatic heterocycles. The van der Waals surface area contributed by atoms with Gasteiger partial charge in [0.2, 0.25) is 5.96 Å². The highest BCUT2D eigenvalue weighted by Gasteiger charge is 2.14. The van der Waals surface area contributed by atoms with Crippen LogP contribution in [0.2, 0.25) is 0 Å². The standard InChI is InChI=1S/C15H27N3O6/c1-5-6-7-22-12(19)10-18(4)14(16)17-15(21)24-9-8-23-13(20)11(2)3/h11H,5-10H2,1-4H3,(H2,16,17,21). The van der Waals surface area contributed by atoms with Crippen LogP contribution in [0.3, 0.4) is 0 Å². The van der Waals surface area contributed by atoms with Crippen molar-refractivity contribution in [1.82, 2.24) is 10.2 Å². The quantitative estimate of drug-likeness (QED) is 0.211. The molecule has 0 aliphatic rings. The summed E-state index contributed by atoms with van der Waals surface area (Å²) in [5.41, 5.74) is 0. The van der Waals surface area contributed by atoms with Gasteiger partial charge in [-0.25, -0.2) is 4.79 Å². The minimum atomic E-state index is -0.869. The van der Waals surface area contributed by atoms with Gasteiger partial charge in [0.1, 0.15) is 19.8 Å². The van der Waals surface area contributed by atoms with Crippen molar-refractivity contribution < 1.29 is 28.6 Å². The number of nitrogens with zero attached hydrogens (tertiary/aromatic N) is 1. The minimum Gasteiger partial charge on any atom is -0.464 e. The molecule has 0 aromatic rings. The molecule has 0 unspecified atom stereocenters. The smallest absolute Gasteiger partial charge is 0.414 e. The third-order valence-electron chi connectivity index (χ3n) is 2.76. The normalized spacial score (nSPS) is 10.0. The van der Waals surface area contributed by atoms with Gasteiger partial charge >= 0.3 is 18.0 Å². The van der Waals surface area contributed by atoms with Gasteiger partial charge in [-0.05, 0) is 6.42 Å². The maximum absolute atomic E-state index is 11.5. The van der Waals surface area contributed by atoms with Crippen LogP contribution >= 0.6 is 0 Å². The van der Waals surface area contributed by atoms with E-state index in [0.717, 1.165) is 12.8 Å². The number of ether oxygens (including phenoxy) is 3. The lowest BCUT2D eigenvalue weighted by molar-refractivity contribution is -0.148. The molecule has 0 aromatic carbocycles. The zero-order chi connectivity index (χ0) is 18.5. The van der Waals surface area contributed by atoms with Crippen LogP contribution in [0.5, 0.6) is 0 Å². The summed E-state index contributed by atoms with van der Waals surface area (Å²) in [6.45, 7) is 5.36. The first-order valence-electron chi connectivity index (χ1n) is 7.83. The summed E-state index contributed by atoms with van der Waals surface area (Å²) in [7, 11) is 1.47. The van der Waals surface area contributed by atoms with Crippen molar-refractivity contribution in [3.8, 4) is 0 Å². The molecule has 9 heteroatoms. The van der Waals surface area contributed by atoms with Gasteiger partial charge in [0.05, 0.1) is 12.5 Å². The number of hydrogen-bond donors (Lipinski definition) is 2. The zero-order valence-corrected chi connectivity index (χ0v) is 14.7. The fourth-order valence-electron chi connectivity index (χ4n) is 1.32. The highest BCUT2D eigenvalue weighted by atomic mass is 16.6. The SMILES string of the molecule is CCCCOC(=O)CN(C)C(=N)NC(=O)OCCOC(=O)C(C)C. The summed E-state index contributed by atoms with van der Waals surface area (Å²) in [5.74, 6) is -1.41. The number of esters is 2. The number of hydrogen-bond acceptors (Lipinski definition) is 7. The van der Waals surface area contributed by atoms with E-state index in [9.17, 15) is 14.4 Å². The molecule has 0 rings (SSSR count). The maximum atomic E-state index is 11.5. The van der Waals surface area contributed by atoms with Crippen LogP contribution in [-0.2, 0) is 23.8 Å². The second-order valence-electron chi connectivity index (χ2n) is 5.36. The van der Waals surface area contributed by atoms with E-state index in [1.54, 1.807) is 13.8 Å². The van der Waals surface area contributed by atoms with Crippen LogP contribution in [0.1, 0.15) is 33.6 Å². The summed E-state index contributed by atoms with van der Waals surface area (Å²) >= 11 is 0. The predicted molar refractivity (Wildman–Crippen MR) is 86.5 cm³/mol. The van der Waals surface area contributed by atoms with Crippen molar-refractivity contribution in [2.24, 2.45) is 5.92 Å². The van der Waals surface area contributed by atoms with Gasteiger partial charge < -0.3 is 19.1 Å². The molecule has 1 amide bonds. The van der Waals surface area contributed by atoms with Gasteiger partial charge in [-0.3, -0.25) is 20.3 Å². The largest absolute Gasteiger partial charge is 0.464 e. The summed E-state index contributed by atoms with van der Waals surface area (Å²) < 4.78 is 14.6. The third-order valence-corrected chi connectivity index (χ3v) is 2.76. The van der Waals surface area contributed by atoms with E-state index in [4.69, 9.17) is 19.6 Å². The Morgan fingerprint density at radius 1 is 1.08 bits per heavy atom. The molecule has 9 nitrogen and oxygen atoms in total. The van der Waals surface area contributed by atoms with E-state index in [-0.39, 0.29) is 37.6 Å². The van der Waals surface area contributed by atoms with Crippen LogP contribution < -0.4 is 5.32 Å². The monoisotopic (exact) mass is 345 g/mol. The first-order valence-corrected chi connectivity index (χ1v) is 7.83. The van der Waals surface area contributed by atoms with Gasteiger partial charge in [0, 0.05) is 7.05 Å². The van der Waals surface area contributed by atoms with Crippen molar-refractivity contribution in [3.05, 3.63) is 0 Å². The number of guanidine groups is 1. The average Bonchev–Trinajstić information content (AvgIpc) is 2.51. The lowest BCUT2D eigenvalue weighted by Gasteiger charge is -2.19. The Bertz CT molecular complexity index is 439. The first kappa shape index (κ1) is 21.7. The lowest BCUT2D eigenvalue weighted by Crippen LogP contribution is -2.44. The Morgan fingerprint density at radius 2 is 1.71 bits per heavy atom. The molecule has 0 fully saturated rings. The number of carbonyl (C=O) groups excluding carboxylic acids is 3. The molecular weight excluding hydrogens is 318 g/mol. The predicted octanol–water partition coefficient (Wildman–Crippen LogP) is 1.12. The molecule has 0 radical (unpaired) electrons. The molecule has 0 heterocycles. The zero-order valence-electron chi connectivity index (χ0n) is 14.7. The van der Waals surface area contributed by atoms with Crippen molar-refractivity contribution in [3.63, 3.8) is 0 Å². The van der Waals surface area contributed by atoms with Gasteiger partial charge in [-0.1, -0.05) is 27.2 Å². The summed E-state index contributed by atoms with van der Waals surface area (Å²) in [6.07, 6.45) is 0.823. The molecule has 24 heavy (non-hydrogen) atoms. The number of amides is 1. The molecule has 138 valence electrons. The van der Waals surface area contributed by atoms with E-state index in [1.165, 1.54) is 11.9 Å². The summed E-state index contributed by atoms with van der Waals surface area (Å²) in [6, 6.07) is 0. The highest BCUT2D eigenvalue weighted by molar-refractivity contribution is 5.93. The number of nitrogens with one attached hydrogen (secondary N) is 2. The Morgan fingerprint density at radius 3 is 2.29 bits per heavy atom. The van der Waals surface area contributed by atoms with E-state index in [2.05, 4.69) is 5.32 Å². The second-order valence-corrected chi connectivity index (χ2v) is 5.36. The Balaban J connectivity index is 3.93. The molecule has 0 saturated heterocycles. The van der Waals surface area contributed by atoms with E-state index in [1.807, 2.05) is 6.92 Å². The van der Waals surface area contributed by atoms with Gasteiger partial charge in [-0.2, -0.15) is 0 Å². The molecule has 0 aliphatic heterocycles. The number of likely N-dealkylation sites (N-methyl/N-ethyl adjacent to an activating group) is 1. The second kappa shape index (κ2) is 12.1. The molecule has 0 saturated carbocycles. The molecule has 2 N–H and O–H groups in total. The van der Waals surface area contributed by atoms with Crippen LogP contribution in [-0.4, -0.2) is 62.3 Å². The topological polar surface area (TPSA) is 118 Å². The molecule has 0 spiro atoms. The number of alkyl carbamates (subject to hydrolysis) is 1. The summed E-state index contributed by atoms with van der Waals surface area (Å²) in [5, 5.41) is 9.82. The van der Waals surface area contributed by atoms with Crippen LogP contribution in [0, 0.1) is 11.3 Å². The van der Waals surface area contributed by atoms with Crippen molar-refractivity contribution in [2.75, 3.05) is 33.4 Å². The number of unbranched alkanes of at least 4 members (excludes halogenated alkanes) is 1. The maximum Gasteiger partial charge on any atom is 0.414 e. The van der Waals surface area contributed by atoms with Crippen molar-refractivity contribution >= 4 is 24.0 Å². The molecular formula is C15H27N3O6. The highest BCUT2D eigenvalue weighted by Crippen LogP contribution is 1.95. The Hall–Kier alpha value is -2.32.